The fourth-order valence-electron chi connectivity index (χ4n) is 7.76. The molecule has 1 N–H and O–H groups in total. The van der Waals surface area contributed by atoms with E-state index >= 15 is 0 Å². The van der Waals surface area contributed by atoms with Crippen LogP contribution in [0, 0.1) is 23.7 Å². The lowest BCUT2D eigenvalue weighted by atomic mass is 9.57. The van der Waals surface area contributed by atoms with Gasteiger partial charge in [0.25, 0.3) is 0 Å². The highest BCUT2D eigenvalue weighted by Gasteiger charge is 2.69. The number of unbranched alkanes of at least 4 members (excludes halogenated alkanes) is 2. The molecule has 0 amide bonds. The highest BCUT2D eigenvalue weighted by atomic mass is 17.3. The van der Waals surface area contributed by atoms with Crippen molar-refractivity contribution < 1.29 is 43.4 Å². The van der Waals surface area contributed by atoms with Crippen molar-refractivity contribution in [2.45, 2.75) is 153 Å². The molecule has 6 aliphatic rings. The van der Waals surface area contributed by atoms with E-state index in [0.29, 0.717) is 5.92 Å². The van der Waals surface area contributed by atoms with Gasteiger partial charge in [0.05, 0.1) is 30.8 Å². The summed E-state index contributed by atoms with van der Waals surface area (Å²) in [5.41, 5.74) is -0.661. The minimum Gasteiger partial charge on any atom is -0.457 e. The molecule has 0 unspecified atom stereocenters. The molecule has 0 aromatic carbocycles. The predicted molar refractivity (Wildman–Crippen MR) is 145 cm³/mol. The van der Waals surface area contributed by atoms with Crippen molar-refractivity contribution in [2.24, 2.45) is 23.7 Å². The zero-order valence-corrected chi connectivity index (χ0v) is 24.9. The summed E-state index contributed by atoms with van der Waals surface area (Å²) < 4.78 is 31.1. The zero-order valence-electron chi connectivity index (χ0n) is 24.9. The first kappa shape index (κ1) is 30.4. The monoisotopic (exact) mass is 566 g/mol. The van der Waals surface area contributed by atoms with Gasteiger partial charge in [0.2, 0.25) is 5.79 Å². The molecule has 9 heteroatoms. The molecule has 0 aromatic rings. The van der Waals surface area contributed by atoms with Crippen LogP contribution in [0.4, 0.5) is 0 Å². The fourth-order valence-corrected chi connectivity index (χ4v) is 7.76. The van der Waals surface area contributed by atoms with Crippen LogP contribution >= 0.6 is 0 Å². The van der Waals surface area contributed by atoms with E-state index in [-0.39, 0.29) is 42.8 Å². The zero-order chi connectivity index (χ0) is 28.7. The summed E-state index contributed by atoms with van der Waals surface area (Å²) >= 11 is 0. The standard InChI is InChI=1S/C31H50O9/c1-7-8-9-10-11-19(3)34-28-26(16-24(32)21(5)35-28)36-27(33)17-25-20(4)23-13-12-18(2)22-14-15-30(6)38-29(37-25)31(22,23)40-39-30/h7,18-26,28-29,32H,1,8-17H2,2-6H3/t18-,19-,20-,21+,22+,23+,24-,25-,26-,28-,29-,30+,31-/m1/s1. The maximum atomic E-state index is 13.4. The molecule has 1 aliphatic carbocycles. The van der Waals surface area contributed by atoms with Crippen LogP contribution in [-0.4, -0.2) is 65.6 Å². The third-order valence-corrected chi connectivity index (χ3v) is 10.2. The van der Waals surface area contributed by atoms with Crippen molar-refractivity contribution in [1.29, 1.82) is 0 Å². The Kier molecular flexibility index (Phi) is 9.32. The Labute approximate surface area is 239 Å². The molecule has 6 fully saturated rings. The normalized spacial score (nSPS) is 47.1. The number of allylic oxidation sites excluding steroid dienone is 1. The first-order chi connectivity index (χ1) is 19.1. The summed E-state index contributed by atoms with van der Waals surface area (Å²) in [5.74, 6) is -0.308. The number of aliphatic hydroxyl groups is 1. The molecule has 2 bridgehead atoms. The van der Waals surface area contributed by atoms with Gasteiger partial charge in [-0.2, -0.15) is 0 Å². The molecule has 0 aromatic heterocycles. The van der Waals surface area contributed by atoms with Crippen LogP contribution < -0.4 is 0 Å². The third-order valence-electron chi connectivity index (χ3n) is 10.2. The molecule has 5 heterocycles. The SMILES string of the molecule is C=CCCCC[C@@H](C)O[C@@H]1O[C@@H](C)[C@H](O)C[C@H]1OC(=O)C[C@H]1O[C@@H]2O[C@]3(C)CC[C@H]4[C@H](C)CC[C@@H]([C@H]1C)[C@@]24OO3. The second-order valence-electron chi connectivity index (χ2n) is 13.2. The van der Waals surface area contributed by atoms with E-state index in [2.05, 4.69) is 20.4 Å². The number of aliphatic hydroxyl groups excluding tert-OH is 1. The van der Waals surface area contributed by atoms with E-state index in [4.69, 9.17) is 33.5 Å². The average Bonchev–Trinajstić information content (AvgIpc) is 3.13. The highest BCUT2D eigenvalue weighted by Crippen LogP contribution is 2.60. The Morgan fingerprint density at radius 1 is 1.12 bits per heavy atom. The van der Waals surface area contributed by atoms with Crippen molar-refractivity contribution >= 4 is 5.97 Å². The van der Waals surface area contributed by atoms with Gasteiger partial charge in [0, 0.05) is 18.8 Å². The van der Waals surface area contributed by atoms with Gasteiger partial charge in [-0.3, -0.25) is 4.79 Å². The van der Waals surface area contributed by atoms with Gasteiger partial charge in [-0.1, -0.05) is 26.3 Å². The molecule has 6 rings (SSSR count). The van der Waals surface area contributed by atoms with E-state index in [1.807, 2.05) is 26.8 Å². The molecule has 5 aliphatic heterocycles. The summed E-state index contributed by atoms with van der Waals surface area (Å²) in [6.45, 7) is 13.9. The maximum Gasteiger partial charge on any atom is 0.308 e. The minimum absolute atomic E-state index is 0.0457. The van der Waals surface area contributed by atoms with E-state index in [0.717, 1.165) is 51.4 Å². The second-order valence-corrected chi connectivity index (χ2v) is 13.2. The number of ether oxygens (including phenoxy) is 5. The summed E-state index contributed by atoms with van der Waals surface area (Å²) in [4.78, 5) is 25.5. The number of carbonyl (C=O) groups excluding carboxylic acids is 1. The fraction of sp³-hybridized carbons (Fsp3) is 0.903. The lowest BCUT2D eigenvalue weighted by Gasteiger charge is -2.60. The summed E-state index contributed by atoms with van der Waals surface area (Å²) in [7, 11) is 0. The lowest BCUT2D eigenvalue weighted by molar-refractivity contribution is -0.571. The van der Waals surface area contributed by atoms with Crippen molar-refractivity contribution in [2.75, 3.05) is 0 Å². The van der Waals surface area contributed by atoms with Crippen molar-refractivity contribution in [3.8, 4) is 0 Å². The summed E-state index contributed by atoms with van der Waals surface area (Å²) in [6, 6.07) is 0. The summed E-state index contributed by atoms with van der Waals surface area (Å²) in [6.07, 6.45) is 6.35. The van der Waals surface area contributed by atoms with E-state index < -0.39 is 48.2 Å². The van der Waals surface area contributed by atoms with Crippen LogP contribution in [-0.2, 0) is 38.3 Å². The van der Waals surface area contributed by atoms with Crippen LogP contribution in [0.15, 0.2) is 12.7 Å². The minimum atomic E-state index is -0.859. The van der Waals surface area contributed by atoms with Gasteiger partial charge in [-0.25, -0.2) is 9.78 Å². The summed E-state index contributed by atoms with van der Waals surface area (Å²) in [5, 5.41) is 10.5. The number of hydrogen-bond acceptors (Lipinski definition) is 9. The Balaban J connectivity index is 1.24. The van der Waals surface area contributed by atoms with Crippen LogP contribution in [0.1, 0.15) is 98.8 Å². The molecule has 0 radical (unpaired) electrons. The quantitative estimate of drug-likeness (QED) is 0.166. The largest absolute Gasteiger partial charge is 0.457 e. The Bertz CT molecular complexity index is 898. The number of fused-ring (bicyclic) bond motifs is 2. The number of hydrogen-bond donors (Lipinski definition) is 1. The average molecular weight is 567 g/mol. The Morgan fingerprint density at radius 3 is 2.70 bits per heavy atom. The third kappa shape index (κ3) is 5.90. The van der Waals surface area contributed by atoms with Crippen LogP contribution in [0.5, 0.6) is 0 Å². The van der Waals surface area contributed by atoms with Crippen molar-refractivity contribution in [1.82, 2.24) is 0 Å². The number of rotatable bonds is 10. The Hall–Kier alpha value is -1.07. The van der Waals surface area contributed by atoms with Crippen LogP contribution in [0.2, 0.25) is 0 Å². The predicted octanol–water partition coefficient (Wildman–Crippen LogP) is 5.19. The maximum absolute atomic E-state index is 13.4. The van der Waals surface area contributed by atoms with Gasteiger partial charge in [-0.05, 0) is 77.0 Å². The van der Waals surface area contributed by atoms with E-state index in [1.165, 1.54) is 0 Å². The number of carbonyl (C=O) groups is 1. The van der Waals surface area contributed by atoms with Gasteiger partial charge < -0.3 is 28.8 Å². The molecule has 5 saturated heterocycles. The second kappa shape index (κ2) is 12.3. The van der Waals surface area contributed by atoms with Crippen molar-refractivity contribution in [3.63, 3.8) is 0 Å². The van der Waals surface area contributed by atoms with Gasteiger partial charge >= 0.3 is 5.97 Å². The lowest BCUT2D eigenvalue weighted by Crippen LogP contribution is -2.70. The van der Waals surface area contributed by atoms with Crippen molar-refractivity contribution in [3.05, 3.63) is 12.7 Å². The molecule has 228 valence electrons. The van der Waals surface area contributed by atoms with Gasteiger partial charge in [0.1, 0.15) is 0 Å². The first-order valence-corrected chi connectivity index (χ1v) is 15.6. The smallest absolute Gasteiger partial charge is 0.308 e. The first-order valence-electron chi connectivity index (χ1n) is 15.6. The molecular weight excluding hydrogens is 516 g/mol. The highest BCUT2D eigenvalue weighted by molar-refractivity contribution is 5.70. The van der Waals surface area contributed by atoms with Gasteiger partial charge in [0.15, 0.2) is 24.3 Å². The van der Waals surface area contributed by atoms with E-state index in [1.54, 1.807) is 0 Å². The van der Waals surface area contributed by atoms with E-state index in [9.17, 15) is 9.90 Å². The molecule has 1 spiro atoms. The molecular formula is C31H50O9. The molecule has 13 atom stereocenters. The van der Waals surface area contributed by atoms with Crippen LogP contribution in [0.25, 0.3) is 0 Å². The topological polar surface area (TPSA) is 102 Å². The molecule has 9 nitrogen and oxygen atoms in total. The van der Waals surface area contributed by atoms with Crippen LogP contribution in [0.3, 0.4) is 0 Å². The molecule has 1 saturated carbocycles. The van der Waals surface area contributed by atoms with Gasteiger partial charge in [-0.15, -0.1) is 6.58 Å². The molecule has 40 heavy (non-hydrogen) atoms. The Morgan fingerprint density at radius 2 is 1.93 bits per heavy atom. The number of esters is 1.